The molecule has 0 aliphatic carbocycles. The van der Waals surface area contributed by atoms with E-state index in [1.165, 1.54) is 7.11 Å². The van der Waals surface area contributed by atoms with Crippen molar-refractivity contribution in [1.82, 2.24) is 10.2 Å². The lowest BCUT2D eigenvalue weighted by Crippen LogP contribution is -2.42. The van der Waals surface area contributed by atoms with Gasteiger partial charge in [-0.05, 0) is 47.9 Å². The van der Waals surface area contributed by atoms with E-state index in [0.29, 0.717) is 34.9 Å². The summed E-state index contributed by atoms with van der Waals surface area (Å²) in [4.78, 5) is 27.8. The second kappa shape index (κ2) is 10.1. The zero-order chi connectivity index (χ0) is 23.4. The number of hydrogen-bond acceptors (Lipinski definition) is 5. The lowest BCUT2D eigenvalue weighted by molar-refractivity contribution is -0.144. The molecule has 0 aromatic heterocycles. The van der Waals surface area contributed by atoms with Gasteiger partial charge in [-0.15, -0.1) is 0 Å². The number of ether oxygens (including phenoxy) is 2. The Balaban J connectivity index is 1.65. The fraction of sp³-hybridized carbons (Fsp3) is 0.231. The molecule has 33 heavy (non-hydrogen) atoms. The lowest BCUT2D eigenvalue weighted by Gasteiger charge is -2.30. The van der Waals surface area contributed by atoms with Crippen molar-refractivity contribution >= 4 is 23.5 Å². The number of hydrogen-bond donors (Lipinski definition) is 1. The van der Waals surface area contributed by atoms with E-state index >= 15 is 0 Å². The highest BCUT2D eigenvalue weighted by Crippen LogP contribution is 2.34. The number of halogens is 1. The number of benzene rings is 3. The van der Waals surface area contributed by atoms with Gasteiger partial charge in [-0.1, -0.05) is 54.1 Å². The molecule has 1 amide bonds. The average molecular weight is 465 g/mol. The van der Waals surface area contributed by atoms with Crippen molar-refractivity contribution in [1.29, 1.82) is 0 Å². The number of esters is 1. The number of carbonyl (C=O) groups is 2. The summed E-state index contributed by atoms with van der Waals surface area (Å²) in [6.07, 6.45) is 0.160. The smallest absolute Gasteiger partial charge is 0.327 e. The Kier molecular flexibility index (Phi) is 6.96. The summed E-state index contributed by atoms with van der Waals surface area (Å²) >= 11 is 6.00. The molecule has 1 N–H and O–H groups in total. The number of fused-ring (bicyclic) bond motifs is 1. The fourth-order valence-electron chi connectivity index (χ4n) is 4.08. The molecule has 0 saturated heterocycles. The van der Waals surface area contributed by atoms with E-state index in [9.17, 15) is 9.59 Å². The van der Waals surface area contributed by atoms with Crippen molar-refractivity contribution < 1.29 is 19.1 Å². The SMILES string of the molecule is COC(=O)[C@H](N[C@H]1c2ccccc2C(=O)N1CCc1ccc(Cl)cc1)c1cccc(OC)c1. The molecule has 0 saturated carbocycles. The summed E-state index contributed by atoms with van der Waals surface area (Å²) in [5.41, 5.74) is 3.21. The Hall–Kier alpha value is -3.35. The highest BCUT2D eigenvalue weighted by Gasteiger charge is 2.39. The van der Waals surface area contributed by atoms with Gasteiger partial charge in [-0.25, -0.2) is 4.79 Å². The topological polar surface area (TPSA) is 67.9 Å². The molecule has 4 rings (SSSR count). The Bertz CT molecular complexity index is 1150. The number of carbonyl (C=O) groups excluding carboxylic acids is 2. The summed E-state index contributed by atoms with van der Waals surface area (Å²) in [5.74, 6) is 0.106. The molecule has 7 heteroatoms. The highest BCUT2D eigenvalue weighted by atomic mass is 35.5. The van der Waals surface area contributed by atoms with E-state index in [0.717, 1.165) is 11.1 Å². The third kappa shape index (κ3) is 4.87. The van der Waals surface area contributed by atoms with Gasteiger partial charge < -0.3 is 14.4 Å². The molecule has 0 fully saturated rings. The predicted molar refractivity (Wildman–Crippen MR) is 126 cm³/mol. The van der Waals surface area contributed by atoms with Gasteiger partial charge in [0.25, 0.3) is 5.91 Å². The summed E-state index contributed by atoms with van der Waals surface area (Å²) in [7, 11) is 2.92. The van der Waals surface area contributed by atoms with Gasteiger partial charge in [0, 0.05) is 22.7 Å². The normalized spacial score (nSPS) is 15.8. The molecule has 0 spiro atoms. The fourth-order valence-corrected chi connectivity index (χ4v) is 4.20. The first kappa shape index (κ1) is 22.8. The molecule has 3 aromatic carbocycles. The maximum absolute atomic E-state index is 13.3. The summed E-state index contributed by atoms with van der Waals surface area (Å²) in [5, 5.41) is 4.04. The van der Waals surface area contributed by atoms with Crippen molar-refractivity contribution in [3.05, 3.63) is 100 Å². The van der Waals surface area contributed by atoms with Crippen LogP contribution in [0, 0.1) is 0 Å². The van der Waals surface area contributed by atoms with E-state index in [4.69, 9.17) is 21.1 Å². The van der Waals surface area contributed by atoms with Crippen LogP contribution < -0.4 is 10.1 Å². The number of methoxy groups -OCH3 is 2. The highest BCUT2D eigenvalue weighted by molar-refractivity contribution is 6.30. The van der Waals surface area contributed by atoms with Crippen LogP contribution in [0.5, 0.6) is 5.75 Å². The van der Waals surface area contributed by atoms with Crippen molar-refractivity contribution in [2.75, 3.05) is 20.8 Å². The zero-order valence-corrected chi connectivity index (χ0v) is 19.2. The Labute approximate surface area is 198 Å². The van der Waals surface area contributed by atoms with E-state index in [1.807, 2.05) is 66.7 Å². The van der Waals surface area contributed by atoms with Crippen LogP contribution in [0.3, 0.4) is 0 Å². The number of amides is 1. The number of rotatable bonds is 8. The van der Waals surface area contributed by atoms with Crippen LogP contribution in [0.4, 0.5) is 0 Å². The molecule has 1 heterocycles. The summed E-state index contributed by atoms with van der Waals surface area (Å²) in [6.45, 7) is 0.471. The minimum atomic E-state index is -0.785. The van der Waals surface area contributed by atoms with Crippen LogP contribution in [0.25, 0.3) is 0 Å². The van der Waals surface area contributed by atoms with Crippen LogP contribution in [-0.2, 0) is 16.0 Å². The predicted octanol–water partition coefficient (Wildman–Crippen LogP) is 4.55. The van der Waals surface area contributed by atoms with Crippen molar-refractivity contribution in [2.24, 2.45) is 0 Å². The maximum Gasteiger partial charge on any atom is 0.327 e. The third-order valence-corrected chi connectivity index (χ3v) is 6.05. The van der Waals surface area contributed by atoms with Crippen LogP contribution in [0.15, 0.2) is 72.8 Å². The molecule has 0 bridgehead atoms. The van der Waals surface area contributed by atoms with E-state index in [2.05, 4.69) is 5.32 Å². The maximum atomic E-state index is 13.3. The third-order valence-electron chi connectivity index (χ3n) is 5.80. The van der Waals surface area contributed by atoms with E-state index in [1.54, 1.807) is 18.1 Å². The number of nitrogens with one attached hydrogen (secondary N) is 1. The molecule has 2 atom stereocenters. The van der Waals surface area contributed by atoms with Gasteiger partial charge in [-0.2, -0.15) is 0 Å². The first-order chi connectivity index (χ1) is 16.0. The molecular weight excluding hydrogens is 440 g/mol. The molecule has 1 aliphatic rings. The van der Waals surface area contributed by atoms with Gasteiger partial charge in [0.05, 0.1) is 14.2 Å². The zero-order valence-electron chi connectivity index (χ0n) is 18.5. The molecule has 3 aromatic rings. The second-order valence-electron chi connectivity index (χ2n) is 7.76. The minimum absolute atomic E-state index is 0.0775. The van der Waals surface area contributed by atoms with Gasteiger partial charge >= 0.3 is 5.97 Å². The van der Waals surface area contributed by atoms with Crippen LogP contribution in [-0.4, -0.2) is 37.5 Å². The largest absolute Gasteiger partial charge is 0.497 e. The standard InChI is InChI=1S/C26H25ClN2O4/c1-32-20-7-5-6-18(16-20)23(26(31)33-2)28-24-21-8-3-4-9-22(21)25(30)29(24)15-14-17-10-12-19(27)13-11-17/h3-13,16,23-24,28H,14-15H2,1-2H3/t23-,24-/m1/s1. The lowest BCUT2D eigenvalue weighted by atomic mass is 10.0. The molecule has 1 aliphatic heterocycles. The first-order valence-corrected chi connectivity index (χ1v) is 11.0. The van der Waals surface area contributed by atoms with Gasteiger partial charge in [-0.3, -0.25) is 10.1 Å². The minimum Gasteiger partial charge on any atom is -0.497 e. The average Bonchev–Trinajstić information content (AvgIpc) is 3.12. The first-order valence-electron chi connectivity index (χ1n) is 10.6. The van der Waals surface area contributed by atoms with Gasteiger partial charge in [0.15, 0.2) is 0 Å². The Morgan fingerprint density at radius 1 is 1.06 bits per heavy atom. The molecule has 0 unspecified atom stereocenters. The summed E-state index contributed by atoms with van der Waals surface area (Å²) in [6, 6.07) is 21.5. The van der Waals surface area contributed by atoms with Crippen molar-refractivity contribution in [3.8, 4) is 5.75 Å². The molecular formula is C26H25ClN2O4. The van der Waals surface area contributed by atoms with Crippen molar-refractivity contribution in [3.63, 3.8) is 0 Å². The number of nitrogens with zero attached hydrogens (tertiary/aromatic N) is 1. The molecule has 170 valence electrons. The molecule has 6 nitrogen and oxygen atoms in total. The monoisotopic (exact) mass is 464 g/mol. The Morgan fingerprint density at radius 3 is 2.55 bits per heavy atom. The van der Waals surface area contributed by atoms with Crippen LogP contribution in [0.1, 0.15) is 39.3 Å². The quantitative estimate of drug-likeness (QED) is 0.495. The second-order valence-corrected chi connectivity index (χ2v) is 8.20. The van der Waals surface area contributed by atoms with E-state index in [-0.39, 0.29) is 5.91 Å². The van der Waals surface area contributed by atoms with Gasteiger partial charge in [0.2, 0.25) is 0 Å². The van der Waals surface area contributed by atoms with Crippen molar-refractivity contribution in [2.45, 2.75) is 18.6 Å². The summed E-state index contributed by atoms with van der Waals surface area (Å²) < 4.78 is 10.4. The molecule has 0 radical (unpaired) electrons. The van der Waals surface area contributed by atoms with E-state index < -0.39 is 18.2 Å². The van der Waals surface area contributed by atoms with Crippen LogP contribution >= 0.6 is 11.6 Å². The van der Waals surface area contributed by atoms with Gasteiger partial charge in [0.1, 0.15) is 18.0 Å². The van der Waals surface area contributed by atoms with Crippen LogP contribution in [0.2, 0.25) is 5.02 Å². The Morgan fingerprint density at radius 2 is 1.82 bits per heavy atom.